The summed E-state index contributed by atoms with van der Waals surface area (Å²) in [6.07, 6.45) is -0.168. The van der Waals surface area contributed by atoms with Gasteiger partial charge in [-0.05, 0) is 46.4 Å². The Bertz CT molecular complexity index is 1410. The molecule has 4 aromatic rings. The number of carbonyl (C=O) groups is 1. The van der Waals surface area contributed by atoms with Crippen LogP contribution in [0.4, 0.5) is 10.3 Å². The quantitative estimate of drug-likeness (QED) is 0.476. The van der Waals surface area contributed by atoms with Crippen molar-refractivity contribution in [1.29, 1.82) is 0 Å². The van der Waals surface area contributed by atoms with E-state index in [4.69, 9.17) is 5.73 Å². The van der Waals surface area contributed by atoms with E-state index in [9.17, 15) is 9.18 Å². The monoisotopic (exact) mass is 467 g/mol. The van der Waals surface area contributed by atoms with Gasteiger partial charge in [-0.3, -0.25) is 9.69 Å². The Kier molecular flexibility index (Phi) is 5.41. The number of likely N-dealkylation sites (tertiary alicyclic amines) is 1. The summed E-state index contributed by atoms with van der Waals surface area (Å²) in [7, 11) is 0. The van der Waals surface area contributed by atoms with Crippen molar-refractivity contribution >= 4 is 22.8 Å². The maximum absolute atomic E-state index is 13.7. The second kappa shape index (κ2) is 8.74. The zero-order valence-electron chi connectivity index (χ0n) is 19.3. The molecule has 6 rings (SSSR count). The lowest BCUT2D eigenvalue weighted by Crippen LogP contribution is -2.27. The molecule has 1 aromatic heterocycles. The Morgan fingerprint density at radius 1 is 1.00 bits per heavy atom. The number of hydrogen-bond donors (Lipinski definition) is 1. The molecule has 0 unspecified atom stereocenters. The maximum Gasteiger partial charge on any atom is 0.273 e. The molecule has 1 saturated heterocycles. The number of halogens is 1. The number of benzene rings is 3. The summed E-state index contributed by atoms with van der Waals surface area (Å²) in [5, 5.41) is 0.678. The zero-order valence-corrected chi connectivity index (χ0v) is 19.3. The molecule has 35 heavy (non-hydrogen) atoms. The van der Waals surface area contributed by atoms with Gasteiger partial charge in [0.15, 0.2) is 0 Å². The van der Waals surface area contributed by atoms with Crippen LogP contribution in [0, 0.1) is 0 Å². The summed E-state index contributed by atoms with van der Waals surface area (Å²) in [6, 6.07) is 22.1. The number of rotatable bonds is 4. The zero-order chi connectivity index (χ0) is 23.9. The molecule has 2 aliphatic heterocycles. The molecule has 0 radical (unpaired) electrons. The lowest BCUT2D eigenvalue weighted by molar-refractivity contribution is 0.0747. The summed E-state index contributed by atoms with van der Waals surface area (Å²) >= 11 is 0. The van der Waals surface area contributed by atoms with Crippen LogP contribution >= 0.6 is 0 Å². The Hall–Kier alpha value is -3.84. The Balaban J connectivity index is 1.37. The average Bonchev–Trinajstić information content (AvgIpc) is 3.49. The van der Waals surface area contributed by atoms with Crippen LogP contribution in [0.5, 0.6) is 0 Å². The highest BCUT2D eigenvalue weighted by molar-refractivity contribution is 6.06. The molecule has 1 fully saturated rings. The topological polar surface area (TPSA) is 75.3 Å². The van der Waals surface area contributed by atoms with Gasteiger partial charge in [0.1, 0.15) is 11.9 Å². The minimum Gasteiger partial charge on any atom is -0.368 e. The fourth-order valence-electron chi connectivity index (χ4n) is 5.21. The van der Waals surface area contributed by atoms with Crippen LogP contribution in [0.3, 0.4) is 0 Å². The van der Waals surface area contributed by atoms with E-state index in [0.717, 1.165) is 34.4 Å². The highest BCUT2D eigenvalue weighted by Crippen LogP contribution is 2.31. The van der Waals surface area contributed by atoms with Gasteiger partial charge < -0.3 is 10.6 Å². The SMILES string of the molecule is Nc1nc(C(=O)N2Cc3ccccc3C2)c2cc(-c3ccccc3CN3CC[C@@H](F)C3)ccc2n1. The smallest absolute Gasteiger partial charge is 0.273 e. The van der Waals surface area contributed by atoms with Crippen LogP contribution in [0.1, 0.15) is 33.6 Å². The van der Waals surface area contributed by atoms with E-state index in [0.29, 0.717) is 49.2 Å². The molecule has 6 nitrogen and oxygen atoms in total. The van der Waals surface area contributed by atoms with Gasteiger partial charge in [0, 0.05) is 38.1 Å². The Labute approximate surface area is 203 Å². The number of nitrogen functional groups attached to an aromatic ring is 1. The summed E-state index contributed by atoms with van der Waals surface area (Å²) < 4.78 is 13.7. The molecule has 2 aliphatic rings. The molecular formula is C28H26FN5O. The van der Waals surface area contributed by atoms with Crippen molar-refractivity contribution in [1.82, 2.24) is 19.8 Å². The highest BCUT2D eigenvalue weighted by Gasteiger charge is 2.27. The third-order valence-corrected chi connectivity index (χ3v) is 6.98. The first-order valence-corrected chi connectivity index (χ1v) is 11.9. The molecule has 7 heteroatoms. The van der Waals surface area contributed by atoms with Gasteiger partial charge in [0.25, 0.3) is 5.91 Å². The Morgan fingerprint density at radius 3 is 2.49 bits per heavy atom. The maximum atomic E-state index is 13.7. The van der Waals surface area contributed by atoms with E-state index in [1.165, 1.54) is 0 Å². The van der Waals surface area contributed by atoms with Crippen molar-refractivity contribution in [3.63, 3.8) is 0 Å². The standard InChI is InChI=1S/C28H26FN5O/c29-22-11-12-33(17-22)14-21-7-3-4-8-23(21)18-9-10-25-24(13-18)26(32-28(30)31-25)27(35)34-15-19-5-1-2-6-20(19)16-34/h1-10,13,22H,11-12,14-17H2,(H2,30,31,32)/t22-/m1/s1. The number of carbonyl (C=O) groups excluding carboxylic acids is 1. The predicted molar refractivity (Wildman–Crippen MR) is 134 cm³/mol. The molecule has 3 aromatic carbocycles. The first kappa shape index (κ1) is 21.7. The summed E-state index contributed by atoms with van der Waals surface area (Å²) in [6.45, 7) is 3.01. The number of hydrogen-bond acceptors (Lipinski definition) is 5. The largest absolute Gasteiger partial charge is 0.368 e. The number of nitrogens with two attached hydrogens (primary N) is 1. The predicted octanol–water partition coefficient (Wildman–Crippen LogP) is 4.58. The van der Waals surface area contributed by atoms with Crippen LogP contribution in [0.15, 0.2) is 66.7 Å². The summed E-state index contributed by atoms with van der Waals surface area (Å²) in [5.74, 6) is -0.0719. The van der Waals surface area contributed by atoms with Crippen molar-refractivity contribution in [2.45, 2.75) is 32.2 Å². The van der Waals surface area contributed by atoms with Gasteiger partial charge in [-0.25, -0.2) is 14.4 Å². The van der Waals surface area contributed by atoms with E-state index in [1.807, 2.05) is 42.5 Å². The fraction of sp³-hybridized carbons (Fsp3) is 0.250. The summed E-state index contributed by atoms with van der Waals surface area (Å²) in [5.41, 5.74) is 12.4. The lowest BCUT2D eigenvalue weighted by atomic mass is 9.97. The molecule has 3 heterocycles. The minimum absolute atomic E-state index is 0.0838. The van der Waals surface area contributed by atoms with Crippen molar-refractivity contribution in [2.75, 3.05) is 18.8 Å². The second-order valence-corrected chi connectivity index (χ2v) is 9.37. The van der Waals surface area contributed by atoms with Crippen molar-refractivity contribution in [3.8, 4) is 11.1 Å². The lowest BCUT2D eigenvalue weighted by Gasteiger charge is -2.19. The van der Waals surface area contributed by atoms with Crippen LogP contribution in [0.25, 0.3) is 22.0 Å². The van der Waals surface area contributed by atoms with Gasteiger partial charge >= 0.3 is 0 Å². The van der Waals surface area contributed by atoms with Crippen LogP contribution in [-0.2, 0) is 19.6 Å². The third-order valence-electron chi connectivity index (χ3n) is 6.98. The van der Waals surface area contributed by atoms with Crippen molar-refractivity contribution in [3.05, 3.63) is 89.1 Å². The number of anilines is 1. The van der Waals surface area contributed by atoms with Gasteiger partial charge in [0.2, 0.25) is 5.95 Å². The highest BCUT2D eigenvalue weighted by atomic mass is 19.1. The van der Waals surface area contributed by atoms with E-state index in [-0.39, 0.29) is 11.9 Å². The van der Waals surface area contributed by atoms with Gasteiger partial charge in [-0.1, -0.05) is 54.6 Å². The first-order chi connectivity index (χ1) is 17.0. The van der Waals surface area contributed by atoms with E-state index in [1.54, 1.807) is 4.90 Å². The summed E-state index contributed by atoms with van der Waals surface area (Å²) in [4.78, 5) is 26.3. The number of nitrogens with zero attached hydrogens (tertiary/aromatic N) is 4. The molecular weight excluding hydrogens is 441 g/mol. The van der Waals surface area contributed by atoms with Gasteiger partial charge in [-0.15, -0.1) is 0 Å². The van der Waals surface area contributed by atoms with Crippen LogP contribution < -0.4 is 5.73 Å². The van der Waals surface area contributed by atoms with Crippen molar-refractivity contribution < 1.29 is 9.18 Å². The minimum atomic E-state index is -0.754. The fourth-order valence-corrected chi connectivity index (χ4v) is 5.21. The Morgan fingerprint density at radius 2 is 1.74 bits per heavy atom. The molecule has 176 valence electrons. The van der Waals surface area contributed by atoms with Crippen LogP contribution in [0.2, 0.25) is 0 Å². The molecule has 0 saturated carbocycles. The van der Waals surface area contributed by atoms with Gasteiger partial charge in [0.05, 0.1) is 5.52 Å². The molecule has 1 amide bonds. The van der Waals surface area contributed by atoms with E-state index < -0.39 is 6.17 Å². The van der Waals surface area contributed by atoms with E-state index >= 15 is 0 Å². The van der Waals surface area contributed by atoms with E-state index in [2.05, 4.69) is 39.1 Å². The molecule has 0 aliphatic carbocycles. The number of alkyl halides is 1. The number of fused-ring (bicyclic) bond motifs is 2. The average molecular weight is 468 g/mol. The molecule has 1 atom stereocenters. The first-order valence-electron chi connectivity index (χ1n) is 11.9. The molecule has 0 spiro atoms. The van der Waals surface area contributed by atoms with Gasteiger partial charge in [-0.2, -0.15) is 0 Å². The normalized spacial score (nSPS) is 17.7. The number of amides is 1. The molecule has 0 bridgehead atoms. The van der Waals surface area contributed by atoms with Crippen LogP contribution in [-0.4, -0.2) is 44.9 Å². The molecule has 2 N–H and O–H groups in total. The third kappa shape index (κ3) is 4.12. The second-order valence-electron chi connectivity index (χ2n) is 9.37. The van der Waals surface area contributed by atoms with Crippen molar-refractivity contribution in [2.24, 2.45) is 0 Å². The number of aromatic nitrogens is 2.